The number of H-pyrrole nitrogens is 1. The molecule has 0 saturated heterocycles. The van der Waals surface area contributed by atoms with Crippen molar-refractivity contribution in [2.45, 2.75) is 19.2 Å². The molecule has 0 aliphatic rings. The van der Waals surface area contributed by atoms with E-state index in [0.29, 0.717) is 35.7 Å². The normalized spacial score (nSPS) is 12.2. The fourth-order valence-electron chi connectivity index (χ4n) is 3.33. The maximum atomic E-state index is 13.0. The molecule has 3 heterocycles. The van der Waals surface area contributed by atoms with Crippen molar-refractivity contribution in [3.63, 3.8) is 0 Å². The molecule has 0 aliphatic carbocycles. The van der Waals surface area contributed by atoms with E-state index >= 15 is 0 Å². The Morgan fingerprint density at radius 3 is 2.78 bits per heavy atom. The first kappa shape index (κ1) is 22.2. The number of hydrogen-bond donors (Lipinski definition) is 4. The largest absolute Gasteiger partial charge is 0.385 e. The van der Waals surface area contributed by atoms with E-state index in [1.54, 1.807) is 41.2 Å². The van der Waals surface area contributed by atoms with Crippen molar-refractivity contribution in [3.8, 4) is 0 Å². The van der Waals surface area contributed by atoms with Crippen LogP contribution < -0.4 is 16.1 Å². The summed E-state index contributed by atoms with van der Waals surface area (Å²) in [4.78, 5) is 27.4. The van der Waals surface area contributed by atoms with E-state index in [4.69, 9.17) is 11.6 Å². The van der Waals surface area contributed by atoms with Gasteiger partial charge in [-0.1, -0.05) is 23.7 Å². The molecule has 0 saturated carbocycles. The van der Waals surface area contributed by atoms with Gasteiger partial charge >= 0.3 is 0 Å². The number of aryl methyl sites for hydroxylation is 1. The highest BCUT2D eigenvalue weighted by Crippen LogP contribution is 2.23. The van der Waals surface area contributed by atoms with Crippen molar-refractivity contribution in [2.24, 2.45) is 7.05 Å². The van der Waals surface area contributed by atoms with Crippen molar-refractivity contribution in [1.29, 1.82) is 0 Å². The van der Waals surface area contributed by atoms with E-state index < -0.39 is 12.0 Å². The van der Waals surface area contributed by atoms with Gasteiger partial charge < -0.3 is 20.3 Å². The first-order chi connectivity index (χ1) is 15.4. The van der Waals surface area contributed by atoms with Gasteiger partial charge in [-0.2, -0.15) is 5.10 Å². The molecule has 0 bridgehead atoms. The van der Waals surface area contributed by atoms with Crippen LogP contribution in [0.1, 0.15) is 32.6 Å². The van der Waals surface area contributed by atoms with E-state index in [1.807, 2.05) is 19.2 Å². The fourth-order valence-corrected chi connectivity index (χ4v) is 4.52. The Morgan fingerprint density at radius 1 is 1.28 bits per heavy atom. The molecule has 0 radical (unpaired) electrons. The average Bonchev–Trinajstić information content (AvgIpc) is 3.46. The minimum Gasteiger partial charge on any atom is -0.385 e. The molecule has 1 atom stereocenters. The molecule has 1 unspecified atom stereocenters. The van der Waals surface area contributed by atoms with Gasteiger partial charge in [0.05, 0.1) is 11.1 Å². The van der Waals surface area contributed by atoms with Gasteiger partial charge in [-0.3, -0.25) is 14.7 Å². The number of carbonyl (C=O) groups is 1. The van der Waals surface area contributed by atoms with Crippen molar-refractivity contribution in [3.05, 3.63) is 85.7 Å². The van der Waals surface area contributed by atoms with Gasteiger partial charge in [0.1, 0.15) is 16.5 Å². The number of aliphatic hydroxyl groups excluding tert-OH is 1. The molecule has 8 nitrogen and oxygen atoms in total. The second-order valence-electron chi connectivity index (χ2n) is 7.38. The molecule has 1 aromatic carbocycles. The van der Waals surface area contributed by atoms with Gasteiger partial charge in [-0.25, -0.2) is 0 Å². The lowest BCUT2D eigenvalue weighted by Gasteiger charge is -2.08. The number of pyridine rings is 1. The van der Waals surface area contributed by atoms with Crippen LogP contribution in [0.25, 0.3) is 10.2 Å². The lowest BCUT2D eigenvalue weighted by Crippen LogP contribution is -2.29. The van der Waals surface area contributed by atoms with Crippen LogP contribution in [0.5, 0.6) is 0 Å². The minimum atomic E-state index is -0.700. The number of nitrogens with zero attached hydrogens (tertiary/aromatic N) is 2. The Balaban J connectivity index is 1.45. The third-order valence-electron chi connectivity index (χ3n) is 5.02. The van der Waals surface area contributed by atoms with E-state index in [0.717, 1.165) is 15.3 Å². The van der Waals surface area contributed by atoms with Crippen LogP contribution in [0.2, 0.25) is 5.02 Å². The highest BCUT2D eigenvalue weighted by atomic mass is 35.5. The Labute approximate surface area is 192 Å². The molecular formula is C22H22ClN5O3S. The average molecular weight is 472 g/mol. The minimum absolute atomic E-state index is 0.0981. The summed E-state index contributed by atoms with van der Waals surface area (Å²) >= 11 is 7.36. The summed E-state index contributed by atoms with van der Waals surface area (Å²) in [6.07, 6.45) is 2.45. The van der Waals surface area contributed by atoms with Crippen LogP contribution in [0.15, 0.2) is 53.6 Å². The maximum absolute atomic E-state index is 13.0. The Hall–Kier alpha value is -2.98. The van der Waals surface area contributed by atoms with Crippen LogP contribution in [0.3, 0.4) is 0 Å². The SMILES string of the molecule is Cn1cc(C(=O)NCc2ccc(Cl)cc2)c(=O)c2cc(CNCC(O)c3ccn[nH]3)sc21. The summed E-state index contributed by atoms with van der Waals surface area (Å²) in [6.45, 7) is 1.13. The van der Waals surface area contributed by atoms with E-state index in [1.165, 1.54) is 11.3 Å². The highest BCUT2D eigenvalue weighted by molar-refractivity contribution is 7.18. The fraction of sp³-hybridized carbons (Fsp3) is 0.227. The molecule has 32 heavy (non-hydrogen) atoms. The van der Waals surface area contributed by atoms with Crippen LogP contribution in [-0.4, -0.2) is 32.3 Å². The number of carbonyl (C=O) groups excluding carboxylic acids is 1. The molecule has 1 amide bonds. The Kier molecular flexibility index (Phi) is 6.71. The summed E-state index contributed by atoms with van der Waals surface area (Å²) in [5.41, 5.74) is 1.32. The standard InChI is InChI=1S/C22H22ClN5O3S/c1-28-12-17(21(31)25-9-13-2-4-14(23)5-3-13)20(30)16-8-15(32-22(16)28)10-24-11-19(29)18-6-7-26-27-18/h2-8,12,19,24,29H,9-11H2,1H3,(H,25,31)(H,26,27). The number of amides is 1. The number of aliphatic hydroxyl groups is 1. The van der Waals surface area contributed by atoms with Gasteiger partial charge in [0, 0.05) is 49.0 Å². The summed E-state index contributed by atoms with van der Waals surface area (Å²) in [5, 5.41) is 23.8. The van der Waals surface area contributed by atoms with Gasteiger partial charge in [0.15, 0.2) is 0 Å². The van der Waals surface area contributed by atoms with Crippen molar-refractivity contribution in [1.82, 2.24) is 25.4 Å². The van der Waals surface area contributed by atoms with Gasteiger partial charge in [0.2, 0.25) is 5.43 Å². The van der Waals surface area contributed by atoms with E-state index in [-0.39, 0.29) is 11.0 Å². The number of thiophene rings is 1. The van der Waals surface area contributed by atoms with Gasteiger partial charge in [-0.05, 0) is 29.8 Å². The van der Waals surface area contributed by atoms with Crippen LogP contribution >= 0.6 is 22.9 Å². The Bertz CT molecular complexity index is 1280. The van der Waals surface area contributed by atoms with Crippen LogP contribution in [0, 0.1) is 0 Å². The number of hydrogen-bond acceptors (Lipinski definition) is 6. The molecule has 0 spiro atoms. The summed E-state index contributed by atoms with van der Waals surface area (Å²) in [7, 11) is 1.81. The molecule has 166 valence electrons. The molecule has 4 N–H and O–H groups in total. The van der Waals surface area contributed by atoms with Crippen molar-refractivity contribution >= 4 is 39.1 Å². The zero-order chi connectivity index (χ0) is 22.7. The second-order valence-corrected chi connectivity index (χ2v) is 8.93. The summed E-state index contributed by atoms with van der Waals surface area (Å²) in [5.74, 6) is -0.420. The van der Waals surface area contributed by atoms with E-state index in [2.05, 4.69) is 20.8 Å². The lowest BCUT2D eigenvalue weighted by atomic mass is 10.2. The smallest absolute Gasteiger partial charge is 0.257 e. The third kappa shape index (κ3) is 4.91. The number of aromatic nitrogens is 3. The van der Waals surface area contributed by atoms with Crippen LogP contribution in [0.4, 0.5) is 0 Å². The predicted octanol–water partition coefficient (Wildman–Crippen LogP) is 2.73. The first-order valence-electron chi connectivity index (χ1n) is 9.95. The zero-order valence-electron chi connectivity index (χ0n) is 17.3. The monoisotopic (exact) mass is 471 g/mol. The first-order valence-corrected chi connectivity index (χ1v) is 11.1. The summed E-state index contributed by atoms with van der Waals surface area (Å²) < 4.78 is 1.79. The highest BCUT2D eigenvalue weighted by Gasteiger charge is 2.17. The molecular weight excluding hydrogens is 450 g/mol. The molecule has 3 aromatic heterocycles. The number of rotatable bonds is 8. The van der Waals surface area contributed by atoms with E-state index in [9.17, 15) is 14.7 Å². The number of fused-ring (bicyclic) bond motifs is 1. The second kappa shape index (κ2) is 9.66. The van der Waals surface area contributed by atoms with Crippen LogP contribution in [-0.2, 0) is 20.1 Å². The van der Waals surface area contributed by atoms with Gasteiger partial charge in [-0.15, -0.1) is 11.3 Å². The zero-order valence-corrected chi connectivity index (χ0v) is 18.8. The quantitative estimate of drug-likeness (QED) is 0.315. The topological polar surface area (TPSA) is 112 Å². The number of halogens is 1. The predicted molar refractivity (Wildman–Crippen MR) is 125 cm³/mol. The Morgan fingerprint density at radius 2 is 2.06 bits per heavy atom. The molecule has 0 aliphatic heterocycles. The maximum Gasteiger partial charge on any atom is 0.257 e. The molecule has 4 rings (SSSR count). The summed E-state index contributed by atoms with van der Waals surface area (Å²) in [6, 6.07) is 10.7. The van der Waals surface area contributed by atoms with Crippen molar-refractivity contribution < 1.29 is 9.90 Å². The molecule has 4 aromatic rings. The molecule has 0 fully saturated rings. The van der Waals surface area contributed by atoms with Crippen molar-refractivity contribution in [2.75, 3.05) is 6.54 Å². The number of nitrogens with one attached hydrogen (secondary N) is 3. The number of aromatic amines is 1. The lowest BCUT2D eigenvalue weighted by molar-refractivity contribution is 0.0949. The number of benzene rings is 1. The molecule has 10 heteroatoms. The third-order valence-corrected chi connectivity index (χ3v) is 6.50. The van der Waals surface area contributed by atoms with Gasteiger partial charge in [0.25, 0.3) is 5.91 Å².